The summed E-state index contributed by atoms with van der Waals surface area (Å²) in [7, 11) is 1.55. The minimum atomic E-state index is -0.572. The van der Waals surface area contributed by atoms with Gasteiger partial charge < -0.3 is 19.5 Å². The summed E-state index contributed by atoms with van der Waals surface area (Å²) in [6.07, 6.45) is -0.949. The standard InChI is InChI=1S/C17H23NO5S.C2H6/c1-13(2)16(19)22-10-9-18-17(20)23-14(11-21-3)12-24-15-7-5-4-6-8-15;1-2/h4-8,14H,1,9-12H2,2-3H3,(H,18,20);1-2H3. The number of hydrogen-bond acceptors (Lipinski definition) is 6. The molecule has 0 radical (unpaired) electrons. The third-order valence-electron chi connectivity index (χ3n) is 2.76. The third-order valence-corrected chi connectivity index (χ3v) is 3.90. The molecule has 1 aromatic carbocycles. The van der Waals surface area contributed by atoms with Crippen molar-refractivity contribution in [3.05, 3.63) is 42.5 Å². The third kappa shape index (κ3) is 11.5. The Labute approximate surface area is 160 Å². The van der Waals surface area contributed by atoms with Gasteiger partial charge in [0.05, 0.1) is 13.2 Å². The highest BCUT2D eigenvalue weighted by Crippen LogP contribution is 2.19. The fourth-order valence-electron chi connectivity index (χ4n) is 1.62. The maximum atomic E-state index is 11.8. The zero-order valence-corrected chi connectivity index (χ0v) is 16.8. The van der Waals surface area contributed by atoms with E-state index in [-0.39, 0.29) is 19.3 Å². The zero-order chi connectivity index (χ0) is 19.8. The lowest BCUT2D eigenvalue weighted by Crippen LogP contribution is -2.34. The minimum absolute atomic E-state index is 0.0640. The summed E-state index contributed by atoms with van der Waals surface area (Å²) in [4.78, 5) is 24.0. The van der Waals surface area contributed by atoms with E-state index in [0.717, 1.165) is 4.90 Å². The Morgan fingerprint density at radius 2 is 1.88 bits per heavy atom. The van der Waals surface area contributed by atoms with Gasteiger partial charge in [-0.25, -0.2) is 9.59 Å². The van der Waals surface area contributed by atoms with E-state index in [4.69, 9.17) is 14.2 Å². The molecule has 1 unspecified atom stereocenters. The fourth-order valence-corrected chi connectivity index (χ4v) is 2.51. The topological polar surface area (TPSA) is 73.9 Å². The molecule has 0 saturated carbocycles. The first-order chi connectivity index (χ1) is 12.5. The maximum absolute atomic E-state index is 11.8. The van der Waals surface area contributed by atoms with Crippen LogP contribution in [0.2, 0.25) is 0 Å². The summed E-state index contributed by atoms with van der Waals surface area (Å²) in [5.41, 5.74) is 0.315. The Morgan fingerprint density at radius 1 is 1.23 bits per heavy atom. The number of methoxy groups -OCH3 is 1. The Balaban J connectivity index is 0.00000301. The molecule has 26 heavy (non-hydrogen) atoms. The molecule has 0 heterocycles. The van der Waals surface area contributed by atoms with Crippen LogP contribution in [0, 0.1) is 0 Å². The lowest BCUT2D eigenvalue weighted by molar-refractivity contribution is -0.138. The van der Waals surface area contributed by atoms with Gasteiger partial charge in [0.1, 0.15) is 12.7 Å². The van der Waals surface area contributed by atoms with Gasteiger partial charge in [-0.1, -0.05) is 38.6 Å². The Morgan fingerprint density at radius 3 is 2.46 bits per heavy atom. The zero-order valence-electron chi connectivity index (χ0n) is 15.9. The SMILES string of the molecule is C=C(C)C(=O)OCCNC(=O)OC(COC)CSc1ccccc1.CC. The summed E-state index contributed by atoms with van der Waals surface area (Å²) in [5, 5.41) is 2.53. The van der Waals surface area contributed by atoms with Crippen LogP contribution < -0.4 is 5.32 Å². The molecule has 146 valence electrons. The largest absolute Gasteiger partial charge is 0.460 e. The summed E-state index contributed by atoms with van der Waals surface area (Å²) < 4.78 is 15.3. The van der Waals surface area contributed by atoms with Crippen LogP contribution >= 0.6 is 11.8 Å². The smallest absolute Gasteiger partial charge is 0.407 e. The fraction of sp³-hybridized carbons (Fsp3) is 0.474. The van der Waals surface area contributed by atoms with Crippen LogP contribution in [0.5, 0.6) is 0 Å². The number of carbonyl (C=O) groups is 2. The molecule has 6 nitrogen and oxygen atoms in total. The number of ether oxygens (including phenoxy) is 3. The molecule has 0 spiro atoms. The maximum Gasteiger partial charge on any atom is 0.407 e. The number of hydrogen-bond donors (Lipinski definition) is 1. The van der Waals surface area contributed by atoms with Gasteiger partial charge >= 0.3 is 12.1 Å². The lowest BCUT2D eigenvalue weighted by atomic mass is 10.4. The number of carbonyl (C=O) groups excluding carboxylic acids is 2. The van der Waals surface area contributed by atoms with E-state index < -0.39 is 12.1 Å². The molecule has 1 rings (SSSR count). The quantitative estimate of drug-likeness (QED) is 0.288. The van der Waals surface area contributed by atoms with Gasteiger partial charge in [-0.15, -0.1) is 11.8 Å². The van der Waals surface area contributed by atoms with Crippen molar-refractivity contribution in [2.75, 3.05) is 32.6 Å². The molecule has 0 aliphatic rings. The Bertz CT molecular complexity index is 536. The highest BCUT2D eigenvalue weighted by molar-refractivity contribution is 7.99. The van der Waals surface area contributed by atoms with Crippen LogP contribution in [-0.4, -0.2) is 50.8 Å². The first kappa shape index (κ1) is 24.0. The molecule has 0 aromatic heterocycles. The van der Waals surface area contributed by atoms with Crippen LogP contribution in [0.15, 0.2) is 47.4 Å². The highest BCUT2D eigenvalue weighted by atomic mass is 32.2. The van der Waals surface area contributed by atoms with E-state index in [9.17, 15) is 9.59 Å². The van der Waals surface area contributed by atoms with Gasteiger partial charge in [-0.05, 0) is 19.1 Å². The van der Waals surface area contributed by atoms with Gasteiger partial charge in [0.15, 0.2) is 0 Å². The van der Waals surface area contributed by atoms with Crippen LogP contribution in [0.25, 0.3) is 0 Å². The summed E-state index contributed by atoms with van der Waals surface area (Å²) >= 11 is 1.58. The van der Waals surface area contributed by atoms with Gasteiger partial charge in [-0.3, -0.25) is 0 Å². The first-order valence-corrected chi connectivity index (χ1v) is 9.45. The van der Waals surface area contributed by atoms with Crippen molar-refractivity contribution in [1.29, 1.82) is 0 Å². The molecular weight excluding hydrogens is 354 g/mol. The predicted molar refractivity (Wildman–Crippen MR) is 104 cm³/mol. The van der Waals surface area contributed by atoms with Gasteiger partial charge in [0.25, 0.3) is 0 Å². The van der Waals surface area contributed by atoms with Crippen molar-refractivity contribution in [3.63, 3.8) is 0 Å². The van der Waals surface area contributed by atoms with E-state index in [1.807, 2.05) is 44.2 Å². The van der Waals surface area contributed by atoms with Crippen LogP contribution in [0.3, 0.4) is 0 Å². The number of alkyl carbamates (subject to hydrolysis) is 1. The molecule has 0 aliphatic heterocycles. The van der Waals surface area contributed by atoms with Crippen molar-refractivity contribution >= 4 is 23.8 Å². The van der Waals surface area contributed by atoms with Crippen molar-refractivity contribution in [3.8, 4) is 0 Å². The van der Waals surface area contributed by atoms with E-state index in [0.29, 0.717) is 17.9 Å². The molecule has 7 heteroatoms. The Hall–Kier alpha value is -1.99. The predicted octanol–water partition coefficient (Wildman–Crippen LogP) is 3.67. The molecule has 1 amide bonds. The van der Waals surface area contributed by atoms with Crippen LogP contribution in [0.4, 0.5) is 4.79 Å². The molecule has 0 bridgehead atoms. The van der Waals surface area contributed by atoms with Crippen LogP contribution in [0.1, 0.15) is 20.8 Å². The molecule has 0 fully saturated rings. The number of benzene rings is 1. The normalized spacial score (nSPS) is 10.8. The summed E-state index contributed by atoms with van der Waals surface area (Å²) in [6.45, 7) is 9.57. The summed E-state index contributed by atoms with van der Waals surface area (Å²) in [5.74, 6) is 0.0947. The molecule has 1 N–H and O–H groups in total. The average molecular weight is 384 g/mol. The summed E-state index contributed by atoms with van der Waals surface area (Å²) in [6, 6.07) is 9.83. The first-order valence-electron chi connectivity index (χ1n) is 8.46. The molecule has 1 atom stereocenters. The number of amides is 1. The van der Waals surface area contributed by atoms with E-state index >= 15 is 0 Å². The number of rotatable bonds is 10. The average Bonchev–Trinajstić information content (AvgIpc) is 2.65. The van der Waals surface area contributed by atoms with E-state index in [1.165, 1.54) is 0 Å². The van der Waals surface area contributed by atoms with Gasteiger partial charge in [-0.2, -0.15) is 0 Å². The minimum Gasteiger partial charge on any atom is -0.460 e. The van der Waals surface area contributed by atoms with Crippen molar-refractivity contribution in [2.45, 2.75) is 31.8 Å². The molecular formula is C19H29NO5S. The Kier molecular flexibility index (Phi) is 14.1. The second kappa shape index (κ2) is 15.3. The number of nitrogens with one attached hydrogen (secondary N) is 1. The highest BCUT2D eigenvalue weighted by Gasteiger charge is 2.15. The second-order valence-corrected chi connectivity index (χ2v) is 6.04. The molecule has 0 aliphatic carbocycles. The number of thioether (sulfide) groups is 1. The number of esters is 1. The van der Waals surface area contributed by atoms with Gasteiger partial charge in [0.2, 0.25) is 0 Å². The van der Waals surface area contributed by atoms with Crippen molar-refractivity contribution in [2.24, 2.45) is 0 Å². The lowest BCUT2D eigenvalue weighted by Gasteiger charge is -2.17. The van der Waals surface area contributed by atoms with Crippen LogP contribution in [-0.2, 0) is 19.0 Å². The van der Waals surface area contributed by atoms with Crippen molar-refractivity contribution in [1.82, 2.24) is 5.32 Å². The monoisotopic (exact) mass is 383 g/mol. The van der Waals surface area contributed by atoms with E-state index in [2.05, 4.69) is 11.9 Å². The van der Waals surface area contributed by atoms with Crippen molar-refractivity contribution < 1.29 is 23.8 Å². The molecule has 0 saturated heterocycles. The van der Waals surface area contributed by atoms with E-state index in [1.54, 1.807) is 25.8 Å². The second-order valence-electron chi connectivity index (χ2n) is 4.95. The van der Waals surface area contributed by atoms with Gasteiger partial charge in [0, 0.05) is 23.3 Å². The molecule has 1 aromatic rings.